The van der Waals surface area contributed by atoms with Crippen molar-refractivity contribution in [2.24, 2.45) is 5.73 Å². The number of hydrogen-bond acceptors (Lipinski definition) is 4. The Morgan fingerprint density at radius 2 is 1.95 bits per heavy atom. The molecular formula is C17H26N2O2. The molecule has 2 fully saturated rings. The second-order valence-electron chi connectivity index (χ2n) is 6.47. The van der Waals surface area contributed by atoms with Crippen LogP contribution in [0.5, 0.6) is 11.5 Å². The average Bonchev–Trinajstić information content (AvgIpc) is 2.47. The van der Waals surface area contributed by atoms with E-state index in [-0.39, 0.29) is 11.6 Å². The number of ether oxygens (including phenoxy) is 2. The Labute approximate surface area is 127 Å². The van der Waals surface area contributed by atoms with Gasteiger partial charge >= 0.3 is 0 Å². The van der Waals surface area contributed by atoms with E-state index in [0.29, 0.717) is 0 Å². The van der Waals surface area contributed by atoms with Crippen molar-refractivity contribution in [1.82, 2.24) is 4.90 Å². The smallest absolute Gasteiger partial charge is 0.166 e. The monoisotopic (exact) mass is 290 g/mol. The lowest BCUT2D eigenvalue weighted by Gasteiger charge is -2.40. The van der Waals surface area contributed by atoms with Gasteiger partial charge in [-0.1, -0.05) is 12.1 Å². The number of para-hydroxylation sites is 1. The van der Waals surface area contributed by atoms with E-state index in [1.807, 2.05) is 12.1 Å². The number of piperidine rings is 1. The summed E-state index contributed by atoms with van der Waals surface area (Å²) in [5.74, 6) is 1.68. The summed E-state index contributed by atoms with van der Waals surface area (Å²) < 4.78 is 11.9. The third-order valence-electron chi connectivity index (χ3n) is 4.93. The van der Waals surface area contributed by atoms with Crippen molar-refractivity contribution in [2.75, 3.05) is 27.2 Å². The molecule has 4 heteroatoms. The molecule has 1 aromatic carbocycles. The number of likely N-dealkylation sites (tertiary alicyclic amines) is 1. The van der Waals surface area contributed by atoms with Gasteiger partial charge in [-0.15, -0.1) is 0 Å². The van der Waals surface area contributed by atoms with Crippen LogP contribution in [0, 0.1) is 0 Å². The zero-order valence-electron chi connectivity index (χ0n) is 13.1. The molecule has 0 spiro atoms. The van der Waals surface area contributed by atoms with Crippen molar-refractivity contribution in [3.8, 4) is 11.5 Å². The normalized spacial score (nSPS) is 22.6. The molecule has 4 nitrogen and oxygen atoms in total. The van der Waals surface area contributed by atoms with E-state index in [1.54, 1.807) is 7.11 Å². The van der Waals surface area contributed by atoms with Crippen molar-refractivity contribution in [2.45, 2.75) is 43.7 Å². The van der Waals surface area contributed by atoms with Crippen LogP contribution < -0.4 is 15.2 Å². The Morgan fingerprint density at radius 1 is 1.24 bits per heavy atom. The van der Waals surface area contributed by atoms with Gasteiger partial charge < -0.3 is 20.1 Å². The maximum Gasteiger partial charge on any atom is 0.166 e. The Bertz CT molecular complexity index is 492. The standard InChI is InChI=1S/C17H26N2O2/c1-19-11-7-13(8-12-19)21-16-14(17(18)9-4-10-17)5-3-6-15(16)20-2/h3,5-6,13H,4,7-12,18H2,1-2H3. The zero-order valence-corrected chi connectivity index (χ0v) is 13.1. The van der Waals surface area contributed by atoms with Gasteiger partial charge in [0, 0.05) is 24.2 Å². The van der Waals surface area contributed by atoms with Crippen LogP contribution in [0.25, 0.3) is 0 Å². The predicted molar refractivity (Wildman–Crippen MR) is 83.9 cm³/mol. The molecule has 0 amide bonds. The summed E-state index contributed by atoms with van der Waals surface area (Å²) in [7, 11) is 3.86. The van der Waals surface area contributed by atoms with Crippen molar-refractivity contribution in [1.29, 1.82) is 0 Å². The first-order valence-corrected chi connectivity index (χ1v) is 7.94. The molecule has 0 aromatic heterocycles. The topological polar surface area (TPSA) is 47.7 Å². The molecule has 0 unspecified atom stereocenters. The summed E-state index contributed by atoms with van der Waals surface area (Å²) in [5, 5.41) is 0. The molecule has 1 aliphatic heterocycles. The molecule has 0 atom stereocenters. The average molecular weight is 290 g/mol. The first-order valence-electron chi connectivity index (χ1n) is 7.94. The second-order valence-corrected chi connectivity index (χ2v) is 6.47. The van der Waals surface area contributed by atoms with Gasteiger partial charge in [0.25, 0.3) is 0 Å². The highest BCUT2D eigenvalue weighted by atomic mass is 16.5. The first-order chi connectivity index (χ1) is 10.1. The number of hydrogen-bond donors (Lipinski definition) is 1. The van der Waals surface area contributed by atoms with Gasteiger partial charge in [-0.25, -0.2) is 0 Å². The van der Waals surface area contributed by atoms with Crippen LogP contribution in [0.1, 0.15) is 37.7 Å². The number of nitrogens with two attached hydrogens (primary N) is 1. The van der Waals surface area contributed by atoms with E-state index in [0.717, 1.165) is 55.8 Å². The van der Waals surface area contributed by atoms with Gasteiger partial charge in [-0.05, 0) is 45.2 Å². The number of nitrogens with zero attached hydrogens (tertiary/aromatic N) is 1. The fraction of sp³-hybridized carbons (Fsp3) is 0.647. The third-order valence-corrected chi connectivity index (χ3v) is 4.93. The largest absolute Gasteiger partial charge is 0.493 e. The summed E-state index contributed by atoms with van der Waals surface area (Å²) in [5.41, 5.74) is 7.42. The predicted octanol–water partition coefficient (Wildman–Crippen LogP) is 2.51. The van der Waals surface area contributed by atoms with E-state index < -0.39 is 0 Å². The number of rotatable bonds is 4. The summed E-state index contributed by atoms with van der Waals surface area (Å²) in [6, 6.07) is 6.09. The molecule has 1 saturated heterocycles. The maximum absolute atomic E-state index is 6.53. The lowest BCUT2D eigenvalue weighted by Crippen LogP contribution is -2.44. The molecule has 2 aliphatic rings. The zero-order chi connectivity index (χ0) is 14.9. The summed E-state index contributed by atoms with van der Waals surface area (Å²) in [6.07, 6.45) is 5.65. The summed E-state index contributed by atoms with van der Waals surface area (Å²) in [6.45, 7) is 2.17. The highest BCUT2D eigenvalue weighted by molar-refractivity contribution is 5.50. The van der Waals surface area contributed by atoms with Gasteiger partial charge in [0.1, 0.15) is 6.10 Å². The highest BCUT2D eigenvalue weighted by Crippen LogP contribution is 2.46. The minimum Gasteiger partial charge on any atom is -0.493 e. The van der Waals surface area contributed by atoms with Crippen LogP contribution >= 0.6 is 0 Å². The van der Waals surface area contributed by atoms with Crippen LogP contribution in [0.2, 0.25) is 0 Å². The van der Waals surface area contributed by atoms with Crippen LogP contribution in [-0.4, -0.2) is 38.3 Å². The van der Waals surface area contributed by atoms with Gasteiger partial charge in [-0.2, -0.15) is 0 Å². The van der Waals surface area contributed by atoms with E-state index in [4.69, 9.17) is 15.2 Å². The molecule has 2 N–H and O–H groups in total. The molecule has 1 heterocycles. The lowest BCUT2D eigenvalue weighted by molar-refractivity contribution is 0.106. The Balaban J connectivity index is 1.85. The minimum absolute atomic E-state index is 0.227. The molecule has 0 bridgehead atoms. The van der Waals surface area contributed by atoms with E-state index in [1.165, 1.54) is 6.42 Å². The van der Waals surface area contributed by atoms with Crippen molar-refractivity contribution >= 4 is 0 Å². The van der Waals surface area contributed by atoms with Crippen LogP contribution in [-0.2, 0) is 5.54 Å². The van der Waals surface area contributed by atoms with Gasteiger partial charge in [0.05, 0.1) is 7.11 Å². The molecule has 1 saturated carbocycles. The molecular weight excluding hydrogens is 264 g/mol. The summed E-state index contributed by atoms with van der Waals surface area (Å²) in [4.78, 5) is 2.35. The minimum atomic E-state index is -0.227. The SMILES string of the molecule is COc1cccc(C2(N)CCC2)c1OC1CCN(C)CC1. The van der Waals surface area contributed by atoms with E-state index in [2.05, 4.69) is 18.0 Å². The van der Waals surface area contributed by atoms with Crippen LogP contribution in [0.3, 0.4) is 0 Å². The molecule has 116 valence electrons. The third kappa shape index (κ3) is 2.87. The van der Waals surface area contributed by atoms with Gasteiger partial charge in [0.2, 0.25) is 0 Å². The Morgan fingerprint density at radius 3 is 2.52 bits per heavy atom. The molecule has 3 rings (SSSR count). The Kier molecular flexibility index (Phi) is 4.09. The van der Waals surface area contributed by atoms with E-state index >= 15 is 0 Å². The van der Waals surface area contributed by atoms with Crippen molar-refractivity contribution in [3.05, 3.63) is 23.8 Å². The molecule has 1 aromatic rings. The first kappa shape index (κ1) is 14.7. The molecule has 1 aliphatic carbocycles. The fourth-order valence-electron chi connectivity index (χ4n) is 3.29. The summed E-state index contributed by atoms with van der Waals surface area (Å²) >= 11 is 0. The fourth-order valence-corrected chi connectivity index (χ4v) is 3.29. The Hall–Kier alpha value is -1.26. The lowest BCUT2D eigenvalue weighted by atomic mass is 9.72. The van der Waals surface area contributed by atoms with Gasteiger partial charge in [-0.3, -0.25) is 0 Å². The molecule has 0 radical (unpaired) electrons. The maximum atomic E-state index is 6.53. The van der Waals surface area contributed by atoms with Crippen LogP contribution in [0.4, 0.5) is 0 Å². The number of benzene rings is 1. The van der Waals surface area contributed by atoms with Crippen molar-refractivity contribution in [3.63, 3.8) is 0 Å². The molecule has 21 heavy (non-hydrogen) atoms. The quantitative estimate of drug-likeness (QED) is 0.925. The second kappa shape index (κ2) is 5.85. The highest BCUT2D eigenvalue weighted by Gasteiger charge is 2.38. The van der Waals surface area contributed by atoms with Crippen molar-refractivity contribution < 1.29 is 9.47 Å². The van der Waals surface area contributed by atoms with E-state index in [9.17, 15) is 0 Å². The van der Waals surface area contributed by atoms with Crippen LogP contribution in [0.15, 0.2) is 18.2 Å². The number of methoxy groups -OCH3 is 1. The van der Waals surface area contributed by atoms with Gasteiger partial charge in [0.15, 0.2) is 11.5 Å².